The molecule has 1 amide bonds. The maximum absolute atomic E-state index is 11.8. The van der Waals surface area contributed by atoms with Crippen LogP contribution < -0.4 is 5.32 Å². The van der Waals surface area contributed by atoms with Gasteiger partial charge in [0.2, 0.25) is 5.91 Å². The molecule has 2 aliphatic rings. The Labute approximate surface area is 104 Å². The van der Waals surface area contributed by atoms with E-state index in [9.17, 15) is 4.79 Å². The number of amides is 1. The van der Waals surface area contributed by atoms with Gasteiger partial charge in [-0.25, -0.2) is 0 Å². The minimum atomic E-state index is 0.338. The first-order valence-corrected chi connectivity index (χ1v) is 6.94. The molecule has 0 saturated carbocycles. The van der Waals surface area contributed by atoms with Gasteiger partial charge in [0, 0.05) is 13.1 Å². The fourth-order valence-electron chi connectivity index (χ4n) is 2.64. The van der Waals surface area contributed by atoms with Gasteiger partial charge in [-0.3, -0.25) is 9.69 Å². The summed E-state index contributed by atoms with van der Waals surface area (Å²) in [5, 5.41) is 3.21. The molecule has 0 bridgehead atoms. The lowest BCUT2D eigenvalue weighted by molar-refractivity contribution is -0.136. The molecular weight excluding hydrogens is 214 g/mol. The third-order valence-electron chi connectivity index (χ3n) is 4.08. The first-order chi connectivity index (χ1) is 8.29. The van der Waals surface area contributed by atoms with Crippen molar-refractivity contribution in [2.45, 2.75) is 25.7 Å². The van der Waals surface area contributed by atoms with Crippen molar-refractivity contribution in [2.24, 2.45) is 5.92 Å². The Hall–Kier alpha value is -0.610. The van der Waals surface area contributed by atoms with Gasteiger partial charge in [-0.2, -0.15) is 0 Å². The molecule has 4 nitrogen and oxygen atoms in total. The maximum Gasteiger partial charge on any atom is 0.236 e. The summed E-state index contributed by atoms with van der Waals surface area (Å²) < 4.78 is 0. The van der Waals surface area contributed by atoms with Crippen LogP contribution in [0.15, 0.2) is 0 Å². The van der Waals surface area contributed by atoms with E-state index in [1.165, 1.54) is 25.7 Å². The third-order valence-corrected chi connectivity index (χ3v) is 4.08. The van der Waals surface area contributed by atoms with Gasteiger partial charge in [0.15, 0.2) is 0 Å². The molecule has 0 spiro atoms. The molecule has 2 saturated heterocycles. The van der Waals surface area contributed by atoms with E-state index in [4.69, 9.17) is 0 Å². The van der Waals surface area contributed by atoms with E-state index in [2.05, 4.69) is 10.2 Å². The molecule has 17 heavy (non-hydrogen) atoms. The van der Waals surface area contributed by atoms with E-state index >= 15 is 0 Å². The Kier molecular flexibility index (Phi) is 4.80. The van der Waals surface area contributed by atoms with Crippen LogP contribution in [0, 0.1) is 5.92 Å². The number of rotatable bonds is 5. The number of likely N-dealkylation sites (tertiary alicyclic amines) is 2. The van der Waals surface area contributed by atoms with Crippen molar-refractivity contribution in [1.82, 2.24) is 15.1 Å². The molecule has 0 aromatic heterocycles. The number of carbonyl (C=O) groups excluding carboxylic acids is 1. The second-order valence-electron chi connectivity index (χ2n) is 5.35. The average Bonchev–Trinajstić information content (AvgIpc) is 2.26. The molecule has 2 heterocycles. The lowest BCUT2D eigenvalue weighted by atomic mass is 9.93. The zero-order chi connectivity index (χ0) is 12.1. The fraction of sp³-hybridized carbons (Fsp3) is 0.923. The molecule has 0 aromatic rings. The smallest absolute Gasteiger partial charge is 0.236 e. The third kappa shape index (κ3) is 3.68. The Morgan fingerprint density at radius 2 is 1.94 bits per heavy atom. The lowest BCUT2D eigenvalue weighted by Crippen LogP contribution is -2.48. The number of carbonyl (C=O) groups is 1. The van der Waals surface area contributed by atoms with Crippen LogP contribution in [-0.4, -0.2) is 62.0 Å². The van der Waals surface area contributed by atoms with E-state index in [-0.39, 0.29) is 0 Å². The van der Waals surface area contributed by atoms with E-state index < -0.39 is 0 Å². The van der Waals surface area contributed by atoms with Crippen LogP contribution in [0.5, 0.6) is 0 Å². The first kappa shape index (κ1) is 12.8. The maximum atomic E-state index is 11.8. The molecule has 0 aliphatic carbocycles. The normalized spacial score (nSPS) is 22.5. The van der Waals surface area contributed by atoms with Gasteiger partial charge >= 0.3 is 0 Å². The van der Waals surface area contributed by atoms with Gasteiger partial charge in [-0.1, -0.05) is 0 Å². The highest BCUT2D eigenvalue weighted by Gasteiger charge is 2.25. The average molecular weight is 239 g/mol. The van der Waals surface area contributed by atoms with Gasteiger partial charge in [-0.05, 0) is 58.3 Å². The minimum absolute atomic E-state index is 0.338. The highest BCUT2D eigenvalue weighted by atomic mass is 16.2. The van der Waals surface area contributed by atoms with Gasteiger partial charge in [-0.15, -0.1) is 0 Å². The van der Waals surface area contributed by atoms with Crippen molar-refractivity contribution in [2.75, 3.05) is 46.3 Å². The summed E-state index contributed by atoms with van der Waals surface area (Å²) >= 11 is 0. The number of hydrogen-bond acceptors (Lipinski definition) is 3. The van der Waals surface area contributed by atoms with Crippen molar-refractivity contribution in [3.05, 3.63) is 0 Å². The van der Waals surface area contributed by atoms with Crippen molar-refractivity contribution < 1.29 is 4.79 Å². The molecule has 2 fully saturated rings. The standard InChI is InChI=1S/C13H25N3O/c1-14-6-3-12-4-9-15(10-5-12)11-13(17)16-7-2-8-16/h12,14H,2-11H2,1H3. The summed E-state index contributed by atoms with van der Waals surface area (Å²) in [6.07, 6.45) is 4.99. The van der Waals surface area contributed by atoms with E-state index in [1.807, 2.05) is 11.9 Å². The summed E-state index contributed by atoms with van der Waals surface area (Å²) in [6, 6.07) is 0. The Balaban J connectivity index is 1.63. The predicted octanol–water partition coefficient (Wildman–Crippen LogP) is 0.540. The monoisotopic (exact) mass is 239 g/mol. The van der Waals surface area contributed by atoms with Crippen molar-refractivity contribution in [3.63, 3.8) is 0 Å². The Bertz CT molecular complexity index is 245. The van der Waals surface area contributed by atoms with Crippen LogP contribution in [-0.2, 0) is 4.79 Å². The zero-order valence-electron chi connectivity index (χ0n) is 11.0. The zero-order valence-corrected chi connectivity index (χ0v) is 11.0. The quantitative estimate of drug-likeness (QED) is 0.760. The molecular formula is C13H25N3O. The largest absolute Gasteiger partial charge is 0.341 e. The lowest BCUT2D eigenvalue weighted by Gasteiger charge is -2.36. The van der Waals surface area contributed by atoms with Crippen LogP contribution in [0.4, 0.5) is 0 Å². The molecule has 2 rings (SSSR count). The van der Waals surface area contributed by atoms with E-state index in [0.29, 0.717) is 12.5 Å². The van der Waals surface area contributed by atoms with Gasteiger partial charge in [0.05, 0.1) is 6.54 Å². The van der Waals surface area contributed by atoms with Crippen LogP contribution >= 0.6 is 0 Å². The minimum Gasteiger partial charge on any atom is -0.341 e. The second-order valence-corrected chi connectivity index (χ2v) is 5.35. The highest BCUT2D eigenvalue weighted by Crippen LogP contribution is 2.20. The van der Waals surface area contributed by atoms with Crippen LogP contribution in [0.1, 0.15) is 25.7 Å². The van der Waals surface area contributed by atoms with Crippen molar-refractivity contribution in [1.29, 1.82) is 0 Å². The molecule has 2 aliphatic heterocycles. The number of nitrogens with zero attached hydrogens (tertiary/aromatic N) is 2. The summed E-state index contributed by atoms with van der Waals surface area (Å²) in [7, 11) is 2.01. The van der Waals surface area contributed by atoms with Crippen molar-refractivity contribution >= 4 is 5.91 Å². The molecule has 0 radical (unpaired) electrons. The second kappa shape index (κ2) is 6.36. The molecule has 0 unspecified atom stereocenters. The Morgan fingerprint density at radius 1 is 1.24 bits per heavy atom. The number of hydrogen-bond donors (Lipinski definition) is 1. The SMILES string of the molecule is CNCCC1CCN(CC(=O)N2CCC2)CC1. The summed E-state index contributed by atoms with van der Waals surface area (Å²) in [5.74, 6) is 1.20. The first-order valence-electron chi connectivity index (χ1n) is 6.94. The number of nitrogens with one attached hydrogen (secondary N) is 1. The number of piperidine rings is 1. The van der Waals surface area contributed by atoms with E-state index in [1.54, 1.807) is 0 Å². The summed E-state index contributed by atoms with van der Waals surface area (Å²) in [5.41, 5.74) is 0. The van der Waals surface area contributed by atoms with Gasteiger partial charge in [0.1, 0.15) is 0 Å². The summed E-state index contributed by atoms with van der Waals surface area (Å²) in [6.45, 7) is 5.95. The van der Waals surface area contributed by atoms with Crippen molar-refractivity contribution in [3.8, 4) is 0 Å². The topological polar surface area (TPSA) is 35.6 Å². The Morgan fingerprint density at radius 3 is 2.47 bits per heavy atom. The van der Waals surface area contributed by atoms with Crippen LogP contribution in [0.2, 0.25) is 0 Å². The molecule has 98 valence electrons. The molecule has 1 N–H and O–H groups in total. The van der Waals surface area contributed by atoms with E-state index in [0.717, 1.165) is 38.6 Å². The molecule has 0 atom stereocenters. The van der Waals surface area contributed by atoms with Gasteiger partial charge in [0.25, 0.3) is 0 Å². The fourth-order valence-corrected chi connectivity index (χ4v) is 2.64. The van der Waals surface area contributed by atoms with Crippen LogP contribution in [0.25, 0.3) is 0 Å². The molecule has 0 aromatic carbocycles. The predicted molar refractivity (Wildman–Crippen MR) is 68.9 cm³/mol. The van der Waals surface area contributed by atoms with Gasteiger partial charge < -0.3 is 10.2 Å². The summed E-state index contributed by atoms with van der Waals surface area (Å²) in [4.78, 5) is 16.1. The molecule has 4 heteroatoms. The van der Waals surface area contributed by atoms with Crippen LogP contribution in [0.3, 0.4) is 0 Å². The highest BCUT2D eigenvalue weighted by molar-refractivity contribution is 5.78.